The highest BCUT2D eigenvalue weighted by atomic mass is 16.5. The van der Waals surface area contributed by atoms with Gasteiger partial charge in [-0.15, -0.1) is 0 Å². The molecular formula is C13H12N4O3. The standard InChI is InChI=1S/C13H12N4O3/c1-17-5-4-11(16-17)15-13(19)8-2-3-9-10(6-8)20-7-12(18)14-9/h2-6H,7H2,1H3,(H,14,18)(H,15,16,19). The Bertz CT molecular complexity index is 693. The summed E-state index contributed by atoms with van der Waals surface area (Å²) in [6, 6.07) is 6.55. The van der Waals surface area contributed by atoms with Crippen LogP contribution in [0.5, 0.6) is 5.75 Å². The fraction of sp³-hybridized carbons (Fsp3) is 0.154. The molecule has 1 aromatic carbocycles. The van der Waals surface area contributed by atoms with E-state index in [0.717, 1.165) is 0 Å². The number of anilines is 2. The fourth-order valence-electron chi connectivity index (χ4n) is 1.89. The second-order valence-corrected chi connectivity index (χ2v) is 4.38. The van der Waals surface area contributed by atoms with E-state index in [-0.39, 0.29) is 18.4 Å². The van der Waals surface area contributed by atoms with Crippen molar-refractivity contribution in [2.45, 2.75) is 0 Å². The van der Waals surface area contributed by atoms with Crippen molar-refractivity contribution in [3.8, 4) is 5.75 Å². The Hall–Kier alpha value is -2.83. The monoisotopic (exact) mass is 272 g/mol. The SMILES string of the molecule is Cn1ccc(NC(=O)c2ccc3c(c2)OCC(=O)N3)n1. The minimum atomic E-state index is -0.285. The Kier molecular flexibility index (Phi) is 2.86. The number of nitrogens with one attached hydrogen (secondary N) is 2. The molecule has 2 heterocycles. The van der Waals surface area contributed by atoms with Crippen molar-refractivity contribution in [3.63, 3.8) is 0 Å². The van der Waals surface area contributed by atoms with Crippen molar-refractivity contribution < 1.29 is 14.3 Å². The van der Waals surface area contributed by atoms with Gasteiger partial charge < -0.3 is 15.4 Å². The van der Waals surface area contributed by atoms with Gasteiger partial charge in [-0.1, -0.05) is 0 Å². The van der Waals surface area contributed by atoms with Gasteiger partial charge in [-0.2, -0.15) is 5.10 Å². The van der Waals surface area contributed by atoms with E-state index in [9.17, 15) is 9.59 Å². The molecule has 0 atom stereocenters. The summed E-state index contributed by atoms with van der Waals surface area (Å²) in [6.45, 7) is -0.0433. The van der Waals surface area contributed by atoms with E-state index in [1.807, 2.05) is 0 Å². The Morgan fingerprint density at radius 3 is 3.05 bits per heavy atom. The van der Waals surface area contributed by atoms with Gasteiger partial charge in [-0.25, -0.2) is 0 Å². The number of fused-ring (bicyclic) bond motifs is 1. The molecule has 2 amide bonds. The number of nitrogens with zero attached hydrogens (tertiary/aromatic N) is 2. The summed E-state index contributed by atoms with van der Waals surface area (Å²) in [7, 11) is 1.77. The lowest BCUT2D eigenvalue weighted by Crippen LogP contribution is -2.25. The summed E-state index contributed by atoms with van der Waals surface area (Å²) < 4.78 is 6.87. The lowest BCUT2D eigenvalue weighted by molar-refractivity contribution is -0.118. The quantitative estimate of drug-likeness (QED) is 0.854. The molecule has 0 unspecified atom stereocenters. The molecule has 102 valence electrons. The summed E-state index contributed by atoms with van der Waals surface area (Å²) in [6.07, 6.45) is 1.74. The number of benzene rings is 1. The van der Waals surface area contributed by atoms with Crippen LogP contribution in [0.1, 0.15) is 10.4 Å². The van der Waals surface area contributed by atoms with Crippen molar-refractivity contribution in [3.05, 3.63) is 36.0 Å². The largest absolute Gasteiger partial charge is 0.482 e. The van der Waals surface area contributed by atoms with Crippen molar-refractivity contribution in [2.24, 2.45) is 7.05 Å². The van der Waals surface area contributed by atoms with Crippen LogP contribution in [0.2, 0.25) is 0 Å². The Labute approximate surface area is 114 Å². The third-order valence-corrected chi connectivity index (χ3v) is 2.83. The maximum atomic E-state index is 12.1. The number of ether oxygens (including phenoxy) is 1. The highest BCUT2D eigenvalue weighted by Crippen LogP contribution is 2.28. The predicted octanol–water partition coefficient (Wildman–Crippen LogP) is 1.00. The molecular weight excluding hydrogens is 260 g/mol. The van der Waals surface area contributed by atoms with Crippen LogP contribution in [-0.2, 0) is 11.8 Å². The zero-order valence-corrected chi connectivity index (χ0v) is 10.7. The molecule has 1 aromatic heterocycles. The maximum absolute atomic E-state index is 12.1. The zero-order valence-electron chi connectivity index (χ0n) is 10.7. The number of hydrogen-bond donors (Lipinski definition) is 2. The van der Waals surface area contributed by atoms with Gasteiger partial charge in [0.2, 0.25) is 0 Å². The highest BCUT2D eigenvalue weighted by molar-refractivity contribution is 6.05. The van der Waals surface area contributed by atoms with Crippen molar-refractivity contribution in [2.75, 3.05) is 17.2 Å². The predicted molar refractivity (Wildman–Crippen MR) is 71.7 cm³/mol. The summed E-state index contributed by atoms with van der Waals surface area (Å²) >= 11 is 0. The van der Waals surface area contributed by atoms with Crippen LogP contribution in [0.3, 0.4) is 0 Å². The number of hydrogen-bond acceptors (Lipinski definition) is 4. The molecule has 0 spiro atoms. The van der Waals surface area contributed by atoms with Gasteiger partial charge in [-0.3, -0.25) is 14.3 Å². The van der Waals surface area contributed by atoms with E-state index >= 15 is 0 Å². The molecule has 20 heavy (non-hydrogen) atoms. The van der Waals surface area contributed by atoms with Gasteiger partial charge in [0.15, 0.2) is 12.4 Å². The summed E-state index contributed by atoms with van der Waals surface area (Å²) in [4.78, 5) is 23.2. The smallest absolute Gasteiger partial charge is 0.262 e. The first-order valence-corrected chi connectivity index (χ1v) is 5.99. The van der Waals surface area contributed by atoms with Crippen LogP contribution in [0, 0.1) is 0 Å². The van der Waals surface area contributed by atoms with Gasteiger partial charge in [0.25, 0.3) is 11.8 Å². The van der Waals surface area contributed by atoms with Gasteiger partial charge >= 0.3 is 0 Å². The van der Waals surface area contributed by atoms with Crippen LogP contribution in [0.4, 0.5) is 11.5 Å². The second-order valence-electron chi connectivity index (χ2n) is 4.38. The van der Waals surface area contributed by atoms with Crippen LogP contribution in [-0.4, -0.2) is 28.2 Å². The molecule has 0 fully saturated rings. The lowest BCUT2D eigenvalue weighted by Gasteiger charge is -2.18. The van der Waals surface area contributed by atoms with Crippen molar-refractivity contribution in [1.29, 1.82) is 0 Å². The topological polar surface area (TPSA) is 85.2 Å². The Morgan fingerprint density at radius 2 is 2.30 bits per heavy atom. The van der Waals surface area contributed by atoms with Crippen LogP contribution >= 0.6 is 0 Å². The van der Waals surface area contributed by atoms with E-state index in [1.165, 1.54) is 0 Å². The summed E-state index contributed by atoms with van der Waals surface area (Å²) in [5.41, 5.74) is 1.00. The number of aromatic nitrogens is 2. The molecule has 7 nitrogen and oxygen atoms in total. The molecule has 7 heteroatoms. The van der Waals surface area contributed by atoms with Gasteiger partial charge in [-0.05, 0) is 18.2 Å². The zero-order chi connectivity index (χ0) is 14.1. The molecule has 1 aliphatic heterocycles. The average Bonchev–Trinajstić information content (AvgIpc) is 2.83. The normalized spacial score (nSPS) is 13.2. The minimum Gasteiger partial charge on any atom is -0.482 e. The Balaban J connectivity index is 1.80. The van der Waals surface area contributed by atoms with E-state index < -0.39 is 0 Å². The number of rotatable bonds is 2. The summed E-state index contributed by atoms with van der Waals surface area (Å²) in [5, 5.41) is 9.42. The first-order valence-electron chi connectivity index (χ1n) is 5.99. The van der Waals surface area contributed by atoms with Gasteiger partial charge in [0.1, 0.15) is 5.75 Å². The van der Waals surface area contributed by atoms with E-state index in [2.05, 4.69) is 15.7 Å². The molecule has 0 bridgehead atoms. The van der Waals surface area contributed by atoms with Crippen LogP contribution < -0.4 is 15.4 Å². The molecule has 2 aromatic rings. The maximum Gasteiger partial charge on any atom is 0.262 e. The average molecular weight is 272 g/mol. The molecule has 0 saturated carbocycles. The molecule has 0 radical (unpaired) electrons. The lowest BCUT2D eigenvalue weighted by atomic mass is 10.1. The molecule has 1 aliphatic rings. The van der Waals surface area contributed by atoms with Crippen molar-refractivity contribution >= 4 is 23.3 Å². The van der Waals surface area contributed by atoms with E-state index in [1.54, 1.807) is 42.2 Å². The highest BCUT2D eigenvalue weighted by Gasteiger charge is 2.18. The first kappa shape index (κ1) is 12.2. The third kappa shape index (κ3) is 2.33. The van der Waals surface area contributed by atoms with Gasteiger partial charge in [0, 0.05) is 24.9 Å². The Morgan fingerprint density at radius 1 is 1.45 bits per heavy atom. The minimum absolute atomic E-state index is 0.0433. The molecule has 3 rings (SSSR count). The molecule has 2 N–H and O–H groups in total. The molecule has 0 aliphatic carbocycles. The number of carbonyl (C=O) groups excluding carboxylic acids is 2. The van der Waals surface area contributed by atoms with Crippen LogP contribution in [0.15, 0.2) is 30.5 Å². The number of aryl methyl sites for hydroxylation is 1. The summed E-state index contributed by atoms with van der Waals surface area (Å²) in [5.74, 6) is 0.470. The van der Waals surface area contributed by atoms with E-state index in [4.69, 9.17) is 4.74 Å². The third-order valence-electron chi connectivity index (χ3n) is 2.83. The van der Waals surface area contributed by atoms with Crippen molar-refractivity contribution in [1.82, 2.24) is 9.78 Å². The molecule has 0 saturated heterocycles. The fourth-order valence-corrected chi connectivity index (χ4v) is 1.89. The second kappa shape index (κ2) is 4.69. The van der Waals surface area contributed by atoms with Crippen LogP contribution in [0.25, 0.3) is 0 Å². The number of carbonyl (C=O) groups is 2. The van der Waals surface area contributed by atoms with Gasteiger partial charge in [0.05, 0.1) is 5.69 Å². The number of amides is 2. The van der Waals surface area contributed by atoms with E-state index in [0.29, 0.717) is 22.8 Å². The first-order chi connectivity index (χ1) is 9.61.